The normalized spacial score (nSPS) is 9.76. The number of hydrogen-bond donors (Lipinski definition) is 2. The van der Waals surface area contributed by atoms with Crippen LogP contribution in [0.1, 0.15) is 11.1 Å². The van der Waals surface area contributed by atoms with Gasteiger partial charge in [-0.1, -0.05) is 12.1 Å². The van der Waals surface area contributed by atoms with E-state index >= 15 is 0 Å². The molecule has 2 aromatic carbocycles. The maximum Gasteiger partial charge on any atom is 0.228 e. The molecule has 2 aromatic rings. The highest BCUT2D eigenvalue weighted by atomic mass is 32.1. The number of nitrogens with one attached hydrogen (secondary N) is 1. The van der Waals surface area contributed by atoms with Crippen LogP contribution in [0, 0.1) is 11.3 Å². The summed E-state index contributed by atoms with van der Waals surface area (Å²) < 4.78 is 5.18. The van der Waals surface area contributed by atoms with Crippen molar-refractivity contribution in [2.24, 2.45) is 0 Å². The Bertz CT molecular complexity index is 690. The average Bonchev–Trinajstić information content (AvgIpc) is 2.50. The van der Waals surface area contributed by atoms with E-state index in [1.807, 2.05) is 30.3 Å². The van der Waals surface area contributed by atoms with Crippen molar-refractivity contribution in [3.05, 3.63) is 53.6 Å². The minimum atomic E-state index is -0.148. The third-order valence-electron chi connectivity index (χ3n) is 2.91. The number of thiol groups is 1. The number of nitriles is 1. The molecule has 0 unspecified atom stereocenters. The molecule has 0 aliphatic heterocycles. The molecule has 0 aromatic heterocycles. The summed E-state index contributed by atoms with van der Waals surface area (Å²) >= 11 is 4.20. The third-order valence-corrected chi connectivity index (χ3v) is 3.20. The molecule has 0 spiro atoms. The highest BCUT2D eigenvalue weighted by molar-refractivity contribution is 7.80. The Hall–Kier alpha value is -2.45. The van der Waals surface area contributed by atoms with E-state index < -0.39 is 0 Å². The third kappa shape index (κ3) is 4.01. The molecule has 21 heavy (non-hydrogen) atoms. The van der Waals surface area contributed by atoms with E-state index in [-0.39, 0.29) is 12.3 Å². The van der Waals surface area contributed by atoms with Crippen LogP contribution in [-0.4, -0.2) is 13.0 Å². The van der Waals surface area contributed by atoms with Gasteiger partial charge in [-0.25, -0.2) is 0 Å². The first-order chi connectivity index (χ1) is 10.1. The zero-order valence-corrected chi connectivity index (χ0v) is 12.4. The summed E-state index contributed by atoms with van der Waals surface area (Å²) in [5.74, 6) is 0.318. The van der Waals surface area contributed by atoms with Crippen molar-refractivity contribution in [3.8, 4) is 11.8 Å². The van der Waals surface area contributed by atoms with Gasteiger partial charge in [0.25, 0.3) is 0 Å². The number of methoxy groups -OCH3 is 1. The zero-order valence-electron chi connectivity index (χ0n) is 11.5. The summed E-state index contributed by atoms with van der Waals surface area (Å²) in [7, 11) is 1.50. The van der Waals surface area contributed by atoms with Gasteiger partial charge >= 0.3 is 0 Å². The lowest BCUT2D eigenvalue weighted by Gasteiger charge is -2.10. The van der Waals surface area contributed by atoms with Crippen LogP contribution in [0.5, 0.6) is 5.75 Å². The van der Waals surface area contributed by atoms with Crippen LogP contribution in [0.4, 0.5) is 5.69 Å². The van der Waals surface area contributed by atoms with Gasteiger partial charge in [-0.3, -0.25) is 4.79 Å². The number of anilines is 1. The van der Waals surface area contributed by atoms with E-state index in [2.05, 4.69) is 17.9 Å². The lowest BCUT2D eigenvalue weighted by molar-refractivity contribution is -0.115. The molecule has 1 amide bonds. The van der Waals surface area contributed by atoms with Gasteiger partial charge in [-0.05, 0) is 29.8 Å². The standard InChI is InChI=1S/C16H14N2O2S/c1-20-15-8-12(10-17)4-7-14(15)18-16(19)9-11-2-5-13(21)6-3-11/h2-8,21H,9H2,1H3,(H,18,19). The molecule has 0 aliphatic carbocycles. The molecule has 0 bridgehead atoms. The number of hydrogen-bond acceptors (Lipinski definition) is 4. The van der Waals surface area contributed by atoms with Gasteiger partial charge in [-0.2, -0.15) is 5.26 Å². The van der Waals surface area contributed by atoms with E-state index in [0.29, 0.717) is 17.0 Å². The predicted octanol–water partition coefficient (Wildman–Crippen LogP) is 3.04. The molecule has 0 fully saturated rings. The van der Waals surface area contributed by atoms with Crippen LogP contribution >= 0.6 is 12.6 Å². The lowest BCUT2D eigenvalue weighted by atomic mass is 10.1. The van der Waals surface area contributed by atoms with Crippen LogP contribution in [0.2, 0.25) is 0 Å². The van der Waals surface area contributed by atoms with Crippen LogP contribution in [0.25, 0.3) is 0 Å². The Morgan fingerprint density at radius 1 is 1.29 bits per heavy atom. The molecular formula is C16H14N2O2S. The number of benzene rings is 2. The molecular weight excluding hydrogens is 284 g/mol. The largest absolute Gasteiger partial charge is 0.495 e. The Labute approximate surface area is 128 Å². The first-order valence-electron chi connectivity index (χ1n) is 6.28. The number of amides is 1. The molecule has 0 saturated heterocycles. The molecule has 5 heteroatoms. The topological polar surface area (TPSA) is 62.1 Å². The second kappa shape index (κ2) is 6.82. The van der Waals surface area contributed by atoms with Crippen molar-refractivity contribution in [1.82, 2.24) is 0 Å². The monoisotopic (exact) mass is 298 g/mol. The molecule has 0 atom stereocenters. The minimum absolute atomic E-state index is 0.148. The van der Waals surface area contributed by atoms with Gasteiger partial charge < -0.3 is 10.1 Å². The van der Waals surface area contributed by atoms with Crippen LogP contribution in [0.15, 0.2) is 47.4 Å². The first kappa shape index (κ1) is 14.9. The molecule has 106 valence electrons. The molecule has 0 radical (unpaired) electrons. The maximum atomic E-state index is 12.0. The zero-order chi connectivity index (χ0) is 15.2. The van der Waals surface area contributed by atoms with E-state index in [1.54, 1.807) is 18.2 Å². The van der Waals surface area contributed by atoms with Crippen molar-refractivity contribution < 1.29 is 9.53 Å². The quantitative estimate of drug-likeness (QED) is 0.853. The fourth-order valence-electron chi connectivity index (χ4n) is 1.86. The second-order valence-corrected chi connectivity index (χ2v) is 4.93. The number of carbonyl (C=O) groups is 1. The summed E-state index contributed by atoms with van der Waals surface area (Å²) in [6.07, 6.45) is 0.261. The molecule has 0 aliphatic rings. The number of carbonyl (C=O) groups excluding carboxylic acids is 1. The lowest BCUT2D eigenvalue weighted by Crippen LogP contribution is -2.15. The highest BCUT2D eigenvalue weighted by Gasteiger charge is 2.09. The SMILES string of the molecule is COc1cc(C#N)ccc1NC(=O)Cc1ccc(S)cc1. The number of nitrogens with zero attached hydrogens (tertiary/aromatic N) is 1. The van der Waals surface area contributed by atoms with Crippen molar-refractivity contribution in [1.29, 1.82) is 5.26 Å². The minimum Gasteiger partial charge on any atom is -0.495 e. The Kier molecular flexibility index (Phi) is 4.85. The number of rotatable bonds is 4. The summed E-state index contributed by atoms with van der Waals surface area (Å²) in [5.41, 5.74) is 1.93. The van der Waals surface area contributed by atoms with E-state index in [4.69, 9.17) is 10.00 Å². The van der Waals surface area contributed by atoms with Crippen molar-refractivity contribution >= 4 is 24.2 Å². The summed E-state index contributed by atoms with van der Waals surface area (Å²) in [6, 6.07) is 14.3. The smallest absolute Gasteiger partial charge is 0.228 e. The Morgan fingerprint density at radius 2 is 2.00 bits per heavy atom. The molecule has 0 saturated carbocycles. The van der Waals surface area contributed by atoms with Crippen LogP contribution in [-0.2, 0) is 11.2 Å². The van der Waals surface area contributed by atoms with E-state index in [9.17, 15) is 4.79 Å². The predicted molar refractivity (Wildman–Crippen MR) is 83.7 cm³/mol. The van der Waals surface area contributed by atoms with Crippen LogP contribution < -0.4 is 10.1 Å². The van der Waals surface area contributed by atoms with Gasteiger partial charge in [-0.15, -0.1) is 12.6 Å². The van der Waals surface area contributed by atoms with Gasteiger partial charge in [0.2, 0.25) is 5.91 Å². The van der Waals surface area contributed by atoms with E-state index in [1.165, 1.54) is 7.11 Å². The van der Waals surface area contributed by atoms with Gasteiger partial charge in [0.05, 0.1) is 30.9 Å². The maximum absolute atomic E-state index is 12.0. The fourth-order valence-corrected chi connectivity index (χ4v) is 2.01. The molecule has 0 heterocycles. The van der Waals surface area contributed by atoms with Gasteiger partial charge in [0.1, 0.15) is 5.75 Å². The highest BCUT2D eigenvalue weighted by Crippen LogP contribution is 2.25. The molecule has 1 N–H and O–H groups in total. The molecule has 4 nitrogen and oxygen atoms in total. The van der Waals surface area contributed by atoms with E-state index in [0.717, 1.165) is 10.5 Å². The second-order valence-electron chi connectivity index (χ2n) is 4.42. The van der Waals surface area contributed by atoms with Crippen molar-refractivity contribution in [2.45, 2.75) is 11.3 Å². The number of ether oxygens (including phenoxy) is 1. The molecule has 2 rings (SSSR count). The Balaban J connectivity index is 2.09. The first-order valence-corrected chi connectivity index (χ1v) is 6.73. The Morgan fingerprint density at radius 3 is 2.62 bits per heavy atom. The van der Waals surface area contributed by atoms with Crippen LogP contribution in [0.3, 0.4) is 0 Å². The fraction of sp³-hybridized carbons (Fsp3) is 0.125. The van der Waals surface area contributed by atoms with Crippen molar-refractivity contribution in [2.75, 3.05) is 12.4 Å². The summed E-state index contributed by atoms with van der Waals surface area (Å²) in [5, 5.41) is 11.6. The summed E-state index contributed by atoms with van der Waals surface area (Å²) in [4.78, 5) is 12.9. The average molecular weight is 298 g/mol. The summed E-state index contributed by atoms with van der Waals surface area (Å²) in [6.45, 7) is 0. The van der Waals surface area contributed by atoms with Crippen molar-refractivity contribution in [3.63, 3.8) is 0 Å². The van der Waals surface area contributed by atoms with Gasteiger partial charge in [0.15, 0.2) is 0 Å². The van der Waals surface area contributed by atoms with Gasteiger partial charge in [0, 0.05) is 11.0 Å².